The quantitative estimate of drug-likeness (QED) is 0.794. The molecule has 0 aliphatic heterocycles. The summed E-state index contributed by atoms with van der Waals surface area (Å²) in [4.78, 5) is 5.04. The number of terminal acetylenes is 1. The molecule has 0 amide bonds. The van der Waals surface area contributed by atoms with Gasteiger partial charge in [-0.2, -0.15) is 0 Å². The molecule has 0 fully saturated rings. The highest BCUT2D eigenvalue weighted by Gasteiger charge is 2.10. The first-order chi connectivity index (χ1) is 8.44. The van der Waals surface area contributed by atoms with Crippen molar-refractivity contribution in [2.75, 3.05) is 13.1 Å². The van der Waals surface area contributed by atoms with Gasteiger partial charge in [-0.05, 0) is 39.4 Å². The minimum Gasteiger partial charge on any atom is -0.307 e. The number of nitrogens with one attached hydrogen (secondary N) is 1. The molecular formula is C15H24N2S. The van der Waals surface area contributed by atoms with Gasteiger partial charge in [0.2, 0.25) is 0 Å². The summed E-state index contributed by atoms with van der Waals surface area (Å²) in [5.41, 5.74) is 0.170. The van der Waals surface area contributed by atoms with Crippen LogP contribution in [0.5, 0.6) is 0 Å². The minimum atomic E-state index is 0.170. The van der Waals surface area contributed by atoms with Crippen LogP contribution in [-0.4, -0.2) is 23.5 Å². The fourth-order valence-corrected chi connectivity index (χ4v) is 2.58. The summed E-state index contributed by atoms with van der Waals surface area (Å²) in [6.45, 7) is 12.3. The highest BCUT2D eigenvalue weighted by molar-refractivity contribution is 7.11. The van der Waals surface area contributed by atoms with Crippen molar-refractivity contribution in [1.82, 2.24) is 10.2 Å². The SMILES string of the molecule is C#CCN(CC)Cc1ccc(CNC(C)(C)C)s1. The molecule has 0 saturated carbocycles. The van der Waals surface area contributed by atoms with Crippen molar-refractivity contribution in [2.45, 2.75) is 46.3 Å². The summed E-state index contributed by atoms with van der Waals surface area (Å²) in [6, 6.07) is 4.42. The van der Waals surface area contributed by atoms with Gasteiger partial charge in [0.15, 0.2) is 0 Å². The minimum absolute atomic E-state index is 0.170. The van der Waals surface area contributed by atoms with E-state index in [1.54, 1.807) is 0 Å². The first kappa shape index (κ1) is 15.2. The van der Waals surface area contributed by atoms with Crippen LogP contribution in [0.15, 0.2) is 12.1 Å². The van der Waals surface area contributed by atoms with Gasteiger partial charge in [-0.25, -0.2) is 0 Å². The lowest BCUT2D eigenvalue weighted by molar-refractivity contribution is 0.319. The molecule has 1 rings (SSSR count). The maximum atomic E-state index is 5.36. The van der Waals surface area contributed by atoms with Gasteiger partial charge in [-0.1, -0.05) is 12.8 Å². The molecule has 1 heterocycles. The van der Waals surface area contributed by atoms with Crippen LogP contribution < -0.4 is 5.32 Å². The Labute approximate surface area is 115 Å². The molecule has 100 valence electrons. The molecule has 0 aliphatic rings. The van der Waals surface area contributed by atoms with Gasteiger partial charge in [0.05, 0.1) is 6.54 Å². The summed E-state index contributed by atoms with van der Waals surface area (Å²) in [5.74, 6) is 2.71. The molecule has 1 aromatic heterocycles. The zero-order valence-electron chi connectivity index (χ0n) is 11.9. The van der Waals surface area contributed by atoms with E-state index in [2.05, 4.69) is 56.0 Å². The molecular weight excluding hydrogens is 240 g/mol. The normalized spacial score (nSPS) is 11.8. The van der Waals surface area contributed by atoms with Crippen molar-refractivity contribution in [3.8, 4) is 12.3 Å². The van der Waals surface area contributed by atoms with E-state index in [4.69, 9.17) is 6.42 Å². The van der Waals surface area contributed by atoms with E-state index in [9.17, 15) is 0 Å². The molecule has 0 saturated heterocycles. The van der Waals surface area contributed by atoms with Crippen LogP contribution in [0.2, 0.25) is 0 Å². The number of thiophene rings is 1. The molecule has 18 heavy (non-hydrogen) atoms. The Morgan fingerprint density at radius 1 is 1.33 bits per heavy atom. The predicted octanol–water partition coefficient (Wildman–Crippen LogP) is 3.09. The fourth-order valence-electron chi connectivity index (χ4n) is 1.58. The second kappa shape index (κ2) is 6.94. The molecule has 0 aliphatic carbocycles. The third kappa shape index (κ3) is 5.68. The highest BCUT2D eigenvalue weighted by Crippen LogP contribution is 2.19. The fraction of sp³-hybridized carbons (Fsp3) is 0.600. The van der Waals surface area contributed by atoms with Crippen LogP contribution in [-0.2, 0) is 13.1 Å². The number of hydrogen-bond donors (Lipinski definition) is 1. The molecule has 1 aromatic rings. The summed E-state index contributed by atoms with van der Waals surface area (Å²) >= 11 is 1.87. The van der Waals surface area contributed by atoms with E-state index in [0.717, 1.165) is 26.2 Å². The smallest absolute Gasteiger partial charge is 0.0601 e. The van der Waals surface area contributed by atoms with Crippen molar-refractivity contribution in [3.05, 3.63) is 21.9 Å². The van der Waals surface area contributed by atoms with Crippen molar-refractivity contribution in [2.24, 2.45) is 0 Å². The molecule has 0 aromatic carbocycles. The molecule has 0 unspecified atom stereocenters. The monoisotopic (exact) mass is 264 g/mol. The van der Waals surface area contributed by atoms with E-state index in [1.165, 1.54) is 9.75 Å². The molecule has 3 heteroatoms. The Balaban J connectivity index is 2.50. The zero-order valence-corrected chi connectivity index (χ0v) is 12.7. The first-order valence-electron chi connectivity index (χ1n) is 6.43. The number of hydrogen-bond acceptors (Lipinski definition) is 3. The van der Waals surface area contributed by atoms with Crippen LogP contribution in [0.4, 0.5) is 0 Å². The lowest BCUT2D eigenvalue weighted by atomic mass is 10.1. The predicted molar refractivity (Wildman–Crippen MR) is 80.7 cm³/mol. The van der Waals surface area contributed by atoms with Crippen molar-refractivity contribution < 1.29 is 0 Å². The largest absolute Gasteiger partial charge is 0.307 e. The Bertz CT molecular complexity index is 395. The molecule has 2 nitrogen and oxygen atoms in total. The van der Waals surface area contributed by atoms with Crippen molar-refractivity contribution in [1.29, 1.82) is 0 Å². The van der Waals surface area contributed by atoms with E-state index >= 15 is 0 Å². The van der Waals surface area contributed by atoms with Gasteiger partial charge in [0.1, 0.15) is 0 Å². The molecule has 0 atom stereocenters. The van der Waals surface area contributed by atoms with E-state index < -0.39 is 0 Å². The van der Waals surface area contributed by atoms with Crippen LogP contribution in [0.3, 0.4) is 0 Å². The number of rotatable bonds is 6. The summed E-state index contributed by atoms with van der Waals surface area (Å²) in [6.07, 6.45) is 5.36. The van der Waals surface area contributed by atoms with E-state index in [-0.39, 0.29) is 5.54 Å². The van der Waals surface area contributed by atoms with Gasteiger partial charge in [-0.3, -0.25) is 4.90 Å². The van der Waals surface area contributed by atoms with E-state index in [0.29, 0.717) is 0 Å². The maximum absolute atomic E-state index is 5.36. The second-order valence-electron chi connectivity index (χ2n) is 5.48. The summed E-state index contributed by atoms with van der Waals surface area (Å²) in [5, 5.41) is 3.51. The van der Waals surface area contributed by atoms with Gasteiger partial charge >= 0.3 is 0 Å². The Kier molecular flexibility index (Phi) is 5.87. The topological polar surface area (TPSA) is 15.3 Å². The van der Waals surface area contributed by atoms with Crippen LogP contribution in [0, 0.1) is 12.3 Å². The second-order valence-corrected chi connectivity index (χ2v) is 6.73. The van der Waals surface area contributed by atoms with Crippen molar-refractivity contribution in [3.63, 3.8) is 0 Å². The molecule has 0 spiro atoms. The maximum Gasteiger partial charge on any atom is 0.0601 e. The van der Waals surface area contributed by atoms with Crippen LogP contribution in [0.1, 0.15) is 37.4 Å². The lowest BCUT2D eigenvalue weighted by Gasteiger charge is -2.19. The van der Waals surface area contributed by atoms with Crippen molar-refractivity contribution >= 4 is 11.3 Å². The van der Waals surface area contributed by atoms with Crippen LogP contribution in [0.25, 0.3) is 0 Å². The van der Waals surface area contributed by atoms with Gasteiger partial charge < -0.3 is 5.32 Å². The van der Waals surface area contributed by atoms with E-state index in [1.807, 2.05) is 11.3 Å². The Morgan fingerprint density at radius 3 is 2.56 bits per heavy atom. The third-order valence-electron chi connectivity index (χ3n) is 2.65. The standard InChI is InChI=1S/C15H24N2S/c1-6-10-17(7-2)12-14-9-8-13(18-14)11-16-15(3,4)5/h1,8-9,16H,7,10-12H2,2-5H3. The van der Waals surface area contributed by atoms with Gasteiger partial charge in [0.25, 0.3) is 0 Å². The Hall–Kier alpha value is -0.820. The summed E-state index contributed by atoms with van der Waals surface area (Å²) in [7, 11) is 0. The van der Waals surface area contributed by atoms with Gasteiger partial charge in [-0.15, -0.1) is 17.8 Å². The molecule has 0 bridgehead atoms. The summed E-state index contributed by atoms with van der Waals surface area (Å²) < 4.78 is 0. The van der Waals surface area contributed by atoms with Gasteiger partial charge in [0, 0.05) is 28.4 Å². The average Bonchev–Trinajstić information content (AvgIpc) is 2.73. The average molecular weight is 264 g/mol. The lowest BCUT2D eigenvalue weighted by Crippen LogP contribution is -2.34. The molecule has 1 N–H and O–H groups in total. The first-order valence-corrected chi connectivity index (χ1v) is 7.24. The number of nitrogens with zero attached hydrogens (tertiary/aromatic N) is 1. The van der Waals surface area contributed by atoms with Crippen LogP contribution >= 0.6 is 11.3 Å². The highest BCUT2D eigenvalue weighted by atomic mass is 32.1. The third-order valence-corrected chi connectivity index (χ3v) is 3.72. The molecule has 0 radical (unpaired) electrons. The zero-order chi connectivity index (χ0) is 13.6. The Morgan fingerprint density at radius 2 is 2.00 bits per heavy atom.